The van der Waals surface area contributed by atoms with Crippen LogP contribution in [-0.2, 0) is 0 Å². The second-order valence-corrected chi connectivity index (χ2v) is 3.25. The first-order valence-corrected chi connectivity index (χ1v) is 4.73. The Morgan fingerprint density at radius 2 is 2.11 bits per heavy atom. The van der Waals surface area contributed by atoms with Crippen LogP contribution in [0, 0.1) is 0 Å². The molecule has 1 rings (SSSR count). The molecule has 0 saturated heterocycles. The zero-order chi connectivity index (χ0) is 13.8. The molecule has 0 fully saturated rings. The summed E-state index contributed by atoms with van der Waals surface area (Å²) in [5, 5.41) is 11.2. The fourth-order valence-corrected chi connectivity index (χ4v) is 1.17. The monoisotopic (exact) mass is 264 g/mol. The number of amidine groups is 1. The van der Waals surface area contributed by atoms with Crippen molar-refractivity contribution < 1.29 is 27.9 Å². The third-order valence-corrected chi connectivity index (χ3v) is 1.96. The van der Waals surface area contributed by atoms with Gasteiger partial charge in [0.25, 0.3) is 0 Å². The average Bonchev–Trinajstić information content (AvgIpc) is 2.34. The molecule has 3 N–H and O–H groups in total. The van der Waals surface area contributed by atoms with E-state index >= 15 is 0 Å². The van der Waals surface area contributed by atoms with Crippen LogP contribution < -0.4 is 15.2 Å². The molecule has 1 aromatic carbocycles. The van der Waals surface area contributed by atoms with Crippen molar-refractivity contribution in [3.8, 4) is 11.5 Å². The van der Waals surface area contributed by atoms with Crippen molar-refractivity contribution in [3.05, 3.63) is 23.8 Å². The minimum atomic E-state index is -4.48. The number of alkyl halides is 3. The lowest BCUT2D eigenvalue weighted by atomic mass is 10.2. The lowest BCUT2D eigenvalue weighted by Gasteiger charge is -2.13. The summed E-state index contributed by atoms with van der Waals surface area (Å²) < 4.78 is 45.7. The van der Waals surface area contributed by atoms with Crippen LogP contribution in [0.15, 0.2) is 23.4 Å². The summed E-state index contributed by atoms with van der Waals surface area (Å²) in [5.74, 6) is -0.238. The maximum atomic E-state index is 12.1. The van der Waals surface area contributed by atoms with Gasteiger partial charge in [0.2, 0.25) is 0 Å². The summed E-state index contributed by atoms with van der Waals surface area (Å²) in [7, 11) is 1.35. The largest absolute Gasteiger partial charge is 0.497 e. The van der Waals surface area contributed by atoms with Crippen LogP contribution in [0.3, 0.4) is 0 Å². The molecule has 5 nitrogen and oxygen atoms in total. The first-order chi connectivity index (χ1) is 8.37. The molecule has 100 valence electrons. The Kier molecular flexibility index (Phi) is 4.24. The van der Waals surface area contributed by atoms with Crippen LogP contribution in [0.5, 0.6) is 11.5 Å². The quantitative estimate of drug-likeness (QED) is 0.376. The van der Waals surface area contributed by atoms with Gasteiger partial charge in [0.1, 0.15) is 11.5 Å². The molecule has 0 bridgehead atoms. The first kappa shape index (κ1) is 13.9. The highest BCUT2D eigenvalue weighted by Gasteiger charge is 2.29. The van der Waals surface area contributed by atoms with Gasteiger partial charge in [-0.05, 0) is 12.1 Å². The maximum Gasteiger partial charge on any atom is 0.422 e. The Hall–Kier alpha value is -2.12. The normalized spacial score (nSPS) is 12.3. The van der Waals surface area contributed by atoms with E-state index in [4.69, 9.17) is 15.7 Å². The SMILES string of the molecule is COc1ccc(/C(N)=N/O)c(OCC(F)(F)F)c1. The highest BCUT2D eigenvalue weighted by atomic mass is 19.4. The number of nitrogens with zero attached hydrogens (tertiary/aromatic N) is 1. The Labute approximate surface area is 101 Å². The predicted octanol–water partition coefficient (Wildman–Crippen LogP) is 1.73. The van der Waals surface area contributed by atoms with Gasteiger partial charge in [-0.2, -0.15) is 13.2 Å². The molecule has 0 heterocycles. The Morgan fingerprint density at radius 1 is 1.44 bits per heavy atom. The summed E-state index contributed by atoms with van der Waals surface area (Å²) in [4.78, 5) is 0. The first-order valence-electron chi connectivity index (χ1n) is 4.73. The van der Waals surface area contributed by atoms with E-state index in [-0.39, 0.29) is 17.1 Å². The summed E-state index contributed by atoms with van der Waals surface area (Å²) in [5.41, 5.74) is 5.37. The zero-order valence-corrected chi connectivity index (χ0v) is 9.36. The Bertz CT molecular complexity index is 446. The van der Waals surface area contributed by atoms with E-state index < -0.39 is 12.8 Å². The fourth-order valence-electron chi connectivity index (χ4n) is 1.17. The van der Waals surface area contributed by atoms with Gasteiger partial charge in [0, 0.05) is 6.07 Å². The van der Waals surface area contributed by atoms with Gasteiger partial charge < -0.3 is 20.4 Å². The molecule has 0 aliphatic rings. The Morgan fingerprint density at radius 3 is 2.61 bits per heavy atom. The number of hydrogen-bond acceptors (Lipinski definition) is 4. The fraction of sp³-hybridized carbons (Fsp3) is 0.300. The van der Waals surface area contributed by atoms with Gasteiger partial charge in [0.15, 0.2) is 12.4 Å². The third kappa shape index (κ3) is 3.72. The number of ether oxygens (including phenoxy) is 2. The number of halogens is 3. The van der Waals surface area contributed by atoms with Gasteiger partial charge in [-0.3, -0.25) is 0 Å². The molecule has 0 aliphatic heterocycles. The summed E-state index contributed by atoms with van der Waals surface area (Å²) >= 11 is 0. The lowest BCUT2D eigenvalue weighted by Crippen LogP contribution is -2.21. The van der Waals surface area contributed by atoms with E-state index in [0.717, 1.165) is 0 Å². The van der Waals surface area contributed by atoms with E-state index in [1.165, 1.54) is 25.3 Å². The average molecular weight is 264 g/mol. The van der Waals surface area contributed by atoms with Crippen LogP contribution >= 0.6 is 0 Å². The van der Waals surface area contributed by atoms with E-state index in [1.54, 1.807) is 0 Å². The van der Waals surface area contributed by atoms with Gasteiger partial charge in [-0.25, -0.2) is 0 Å². The van der Waals surface area contributed by atoms with Crippen LogP contribution in [0.1, 0.15) is 5.56 Å². The van der Waals surface area contributed by atoms with E-state index in [2.05, 4.69) is 9.89 Å². The van der Waals surface area contributed by atoms with Gasteiger partial charge in [0.05, 0.1) is 12.7 Å². The van der Waals surface area contributed by atoms with Crippen molar-refractivity contribution in [2.24, 2.45) is 10.9 Å². The van der Waals surface area contributed by atoms with Gasteiger partial charge in [-0.15, -0.1) is 0 Å². The Balaban J connectivity index is 3.04. The zero-order valence-electron chi connectivity index (χ0n) is 9.36. The van der Waals surface area contributed by atoms with Crippen molar-refractivity contribution in [1.82, 2.24) is 0 Å². The van der Waals surface area contributed by atoms with Crippen molar-refractivity contribution in [2.45, 2.75) is 6.18 Å². The lowest BCUT2D eigenvalue weighted by molar-refractivity contribution is -0.153. The molecule has 0 unspecified atom stereocenters. The number of benzene rings is 1. The highest BCUT2D eigenvalue weighted by molar-refractivity contribution is 5.99. The smallest absolute Gasteiger partial charge is 0.422 e. The molecule has 18 heavy (non-hydrogen) atoms. The van der Waals surface area contributed by atoms with Crippen molar-refractivity contribution in [3.63, 3.8) is 0 Å². The van der Waals surface area contributed by atoms with Crippen molar-refractivity contribution in [1.29, 1.82) is 0 Å². The molecule has 0 aromatic heterocycles. The van der Waals surface area contributed by atoms with Crippen molar-refractivity contribution >= 4 is 5.84 Å². The second-order valence-electron chi connectivity index (χ2n) is 3.25. The highest BCUT2D eigenvalue weighted by Crippen LogP contribution is 2.26. The minimum Gasteiger partial charge on any atom is -0.497 e. The van der Waals surface area contributed by atoms with Gasteiger partial charge in [-0.1, -0.05) is 5.16 Å². The van der Waals surface area contributed by atoms with Crippen LogP contribution in [0.2, 0.25) is 0 Å². The number of rotatable bonds is 4. The summed E-state index contributed by atoms with van der Waals surface area (Å²) in [6.07, 6.45) is -4.48. The van der Waals surface area contributed by atoms with E-state index in [0.29, 0.717) is 5.75 Å². The molecule has 0 radical (unpaired) electrons. The topological polar surface area (TPSA) is 77.1 Å². The molecule has 1 aromatic rings. The number of oxime groups is 1. The van der Waals surface area contributed by atoms with Crippen molar-refractivity contribution in [2.75, 3.05) is 13.7 Å². The molecule has 0 spiro atoms. The molecule has 0 atom stereocenters. The van der Waals surface area contributed by atoms with Crippen LogP contribution in [-0.4, -0.2) is 30.9 Å². The van der Waals surface area contributed by atoms with Crippen LogP contribution in [0.4, 0.5) is 13.2 Å². The second kappa shape index (κ2) is 5.48. The molecular formula is C10H11F3N2O3. The summed E-state index contributed by atoms with van der Waals surface area (Å²) in [6, 6.07) is 4.01. The molecule has 8 heteroatoms. The molecule has 0 saturated carbocycles. The summed E-state index contributed by atoms with van der Waals surface area (Å²) in [6.45, 7) is -1.48. The van der Waals surface area contributed by atoms with E-state index in [9.17, 15) is 13.2 Å². The third-order valence-electron chi connectivity index (χ3n) is 1.96. The standard InChI is InChI=1S/C10H11F3N2O3/c1-17-6-2-3-7(9(14)15-16)8(4-6)18-5-10(11,12)13/h2-4,16H,5H2,1H3,(H2,14,15). The minimum absolute atomic E-state index is 0.0440. The maximum absolute atomic E-state index is 12.1. The molecule has 0 amide bonds. The number of hydrogen-bond donors (Lipinski definition) is 2. The predicted molar refractivity (Wildman–Crippen MR) is 57.1 cm³/mol. The molecule has 0 aliphatic carbocycles. The molecular weight excluding hydrogens is 253 g/mol. The number of nitrogens with two attached hydrogens (primary N) is 1. The van der Waals surface area contributed by atoms with E-state index in [1.807, 2.05) is 0 Å². The van der Waals surface area contributed by atoms with Gasteiger partial charge >= 0.3 is 6.18 Å². The van der Waals surface area contributed by atoms with Crippen LogP contribution in [0.25, 0.3) is 0 Å². The number of methoxy groups -OCH3 is 1.